The minimum atomic E-state index is -0.395. The van der Waals surface area contributed by atoms with Gasteiger partial charge in [-0.3, -0.25) is 0 Å². The third-order valence-corrected chi connectivity index (χ3v) is 4.22. The standard InChI is InChI=1S/C16H23BrO4/c1-16(2,3)12(9-17)10-21-13-7-6-11(15(18)20-5)8-14(13)19-4/h6-8,12H,9-10H2,1-5H3. The van der Waals surface area contributed by atoms with Crippen LogP contribution in [0.5, 0.6) is 11.5 Å². The molecule has 0 aliphatic heterocycles. The first-order chi connectivity index (χ1) is 9.83. The van der Waals surface area contributed by atoms with Crippen molar-refractivity contribution in [3.63, 3.8) is 0 Å². The lowest BCUT2D eigenvalue weighted by atomic mass is 9.83. The Morgan fingerprint density at radius 2 is 1.90 bits per heavy atom. The molecule has 0 heterocycles. The maximum atomic E-state index is 11.5. The van der Waals surface area contributed by atoms with Crippen molar-refractivity contribution in [2.45, 2.75) is 20.8 Å². The van der Waals surface area contributed by atoms with Crippen molar-refractivity contribution in [1.29, 1.82) is 0 Å². The highest BCUT2D eigenvalue weighted by Crippen LogP contribution is 2.32. The summed E-state index contributed by atoms with van der Waals surface area (Å²) in [5.74, 6) is 1.12. The summed E-state index contributed by atoms with van der Waals surface area (Å²) in [5.41, 5.74) is 0.581. The van der Waals surface area contributed by atoms with Crippen LogP contribution in [0.2, 0.25) is 0 Å². The molecule has 1 unspecified atom stereocenters. The number of rotatable bonds is 6. The van der Waals surface area contributed by atoms with Crippen LogP contribution in [-0.4, -0.2) is 32.1 Å². The van der Waals surface area contributed by atoms with Gasteiger partial charge in [0.2, 0.25) is 0 Å². The first-order valence-corrected chi connectivity index (χ1v) is 7.90. The monoisotopic (exact) mass is 358 g/mol. The Hall–Kier alpha value is -1.23. The zero-order chi connectivity index (χ0) is 16.0. The number of hydrogen-bond donors (Lipinski definition) is 0. The second-order valence-corrected chi connectivity index (χ2v) is 6.53. The van der Waals surface area contributed by atoms with Gasteiger partial charge in [0.1, 0.15) is 0 Å². The van der Waals surface area contributed by atoms with Crippen LogP contribution >= 0.6 is 15.9 Å². The van der Waals surface area contributed by atoms with E-state index < -0.39 is 5.97 Å². The number of ether oxygens (including phenoxy) is 3. The quantitative estimate of drug-likeness (QED) is 0.571. The summed E-state index contributed by atoms with van der Waals surface area (Å²) in [6.45, 7) is 7.11. The predicted octanol–water partition coefficient (Wildman–Crippen LogP) is 3.92. The molecule has 0 radical (unpaired) electrons. The third-order valence-electron chi connectivity index (χ3n) is 3.44. The SMILES string of the molecule is COC(=O)c1ccc(OCC(CBr)C(C)(C)C)c(OC)c1. The molecule has 0 aromatic heterocycles. The molecule has 0 aliphatic rings. The summed E-state index contributed by atoms with van der Waals surface area (Å²) in [6.07, 6.45) is 0. The second kappa shape index (κ2) is 7.69. The fourth-order valence-corrected chi connectivity index (χ4v) is 2.91. The fourth-order valence-electron chi connectivity index (χ4n) is 1.75. The Morgan fingerprint density at radius 3 is 2.38 bits per heavy atom. The Kier molecular flexibility index (Phi) is 6.52. The molecule has 1 rings (SSSR count). The van der Waals surface area contributed by atoms with Gasteiger partial charge in [-0.25, -0.2) is 4.79 Å². The molecule has 118 valence electrons. The van der Waals surface area contributed by atoms with Gasteiger partial charge in [-0.05, 0) is 23.6 Å². The van der Waals surface area contributed by atoms with Crippen molar-refractivity contribution in [1.82, 2.24) is 0 Å². The molecule has 4 nitrogen and oxygen atoms in total. The Bertz CT molecular complexity index is 480. The number of carbonyl (C=O) groups is 1. The van der Waals surface area contributed by atoms with Crippen molar-refractivity contribution >= 4 is 21.9 Å². The number of methoxy groups -OCH3 is 2. The van der Waals surface area contributed by atoms with Gasteiger partial charge >= 0.3 is 5.97 Å². The molecular weight excluding hydrogens is 336 g/mol. The topological polar surface area (TPSA) is 44.8 Å². The van der Waals surface area contributed by atoms with E-state index in [0.717, 1.165) is 5.33 Å². The van der Waals surface area contributed by atoms with Gasteiger partial charge in [-0.1, -0.05) is 36.7 Å². The van der Waals surface area contributed by atoms with Crippen LogP contribution in [0.25, 0.3) is 0 Å². The number of carbonyl (C=O) groups excluding carboxylic acids is 1. The Labute approximate surface area is 134 Å². The predicted molar refractivity (Wildman–Crippen MR) is 86.6 cm³/mol. The number of benzene rings is 1. The van der Waals surface area contributed by atoms with Gasteiger partial charge in [0.05, 0.1) is 26.4 Å². The first-order valence-electron chi connectivity index (χ1n) is 6.78. The van der Waals surface area contributed by atoms with Gasteiger partial charge in [0.25, 0.3) is 0 Å². The third kappa shape index (κ3) is 4.92. The van der Waals surface area contributed by atoms with Crippen molar-refractivity contribution in [2.75, 3.05) is 26.2 Å². The van der Waals surface area contributed by atoms with E-state index in [4.69, 9.17) is 14.2 Å². The molecule has 0 saturated carbocycles. The molecule has 0 fully saturated rings. The summed E-state index contributed by atoms with van der Waals surface area (Å²) in [4.78, 5) is 11.5. The van der Waals surface area contributed by atoms with E-state index in [-0.39, 0.29) is 5.41 Å². The molecule has 5 heteroatoms. The van der Waals surface area contributed by atoms with E-state index >= 15 is 0 Å². The summed E-state index contributed by atoms with van der Waals surface area (Å²) in [6, 6.07) is 5.03. The van der Waals surface area contributed by atoms with Crippen molar-refractivity contribution in [2.24, 2.45) is 11.3 Å². The van der Waals surface area contributed by atoms with Crippen molar-refractivity contribution in [3.05, 3.63) is 23.8 Å². The largest absolute Gasteiger partial charge is 0.493 e. The lowest BCUT2D eigenvalue weighted by molar-refractivity contribution is 0.0600. The van der Waals surface area contributed by atoms with Crippen LogP contribution in [0.4, 0.5) is 0 Å². The highest BCUT2D eigenvalue weighted by atomic mass is 79.9. The minimum Gasteiger partial charge on any atom is -0.493 e. The Balaban J connectivity index is 2.86. The molecule has 1 atom stereocenters. The molecule has 0 N–H and O–H groups in total. The lowest BCUT2D eigenvalue weighted by Crippen LogP contribution is -2.28. The molecule has 1 aromatic carbocycles. The van der Waals surface area contributed by atoms with Crippen LogP contribution in [0.3, 0.4) is 0 Å². The first kappa shape index (κ1) is 17.8. The van der Waals surface area contributed by atoms with Gasteiger partial charge in [-0.15, -0.1) is 0 Å². The summed E-state index contributed by atoms with van der Waals surface area (Å²) in [5, 5.41) is 0.860. The van der Waals surface area contributed by atoms with E-state index in [1.165, 1.54) is 7.11 Å². The molecule has 21 heavy (non-hydrogen) atoms. The van der Waals surface area contributed by atoms with E-state index in [9.17, 15) is 4.79 Å². The molecule has 1 aromatic rings. The number of alkyl halides is 1. The highest BCUT2D eigenvalue weighted by Gasteiger charge is 2.24. The van der Waals surface area contributed by atoms with Gasteiger partial charge in [-0.2, -0.15) is 0 Å². The molecule has 0 bridgehead atoms. The van der Waals surface area contributed by atoms with E-state index in [2.05, 4.69) is 36.7 Å². The summed E-state index contributed by atoms with van der Waals surface area (Å²) in [7, 11) is 2.90. The van der Waals surface area contributed by atoms with E-state index in [1.54, 1.807) is 25.3 Å². The number of hydrogen-bond acceptors (Lipinski definition) is 4. The average Bonchev–Trinajstić information content (AvgIpc) is 2.45. The van der Waals surface area contributed by atoms with Crippen LogP contribution < -0.4 is 9.47 Å². The number of esters is 1. The zero-order valence-corrected chi connectivity index (χ0v) is 14.8. The van der Waals surface area contributed by atoms with E-state index in [1.807, 2.05) is 0 Å². The zero-order valence-electron chi connectivity index (χ0n) is 13.2. The fraction of sp³-hybridized carbons (Fsp3) is 0.562. The van der Waals surface area contributed by atoms with Gasteiger partial charge < -0.3 is 14.2 Å². The van der Waals surface area contributed by atoms with Crippen LogP contribution in [0.15, 0.2) is 18.2 Å². The average molecular weight is 359 g/mol. The lowest BCUT2D eigenvalue weighted by Gasteiger charge is -2.29. The van der Waals surface area contributed by atoms with Crippen LogP contribution in [0.1, 0.15) is 31.1 Å². The normalized spacial score (nSPS) is 12.7. The van der Waals surface area contributed by atoms with Crippen LogP contribution in [0, 0.1) is 11.3 Å². The molecule has 0 aliphatic carbocycles. The smallest absolute Gasteiger partial charge is 0.337 e. The summed E-state index contributed by atoms with van der Waals surface area (Å²) >= 11 is 3.53. The second-order valence-electron chi connectivity index (χ2n) is 5.89. The van der Waals surface area contributed by atoms with Gasteiger partial charge in [0.15, 0.2) is 11.5 Å². The highest BCUT2D eigenvalue weighted by molar-refractivity contribution is 9.09. The molecular formula is C16H23BrO4. The summed E-state index contributed by atoms with van der Waals surface area (Å²) < 4.78 is 15.9. The maximum absolute atomic E-state index is 11.5. The van der Waals surface area contributed by atoms with Crippen molar-refractivity contribution < 1.29 is 19.0 Å². The van der Waals surface area contributed by atoms with Crippen molar-refractivity contribution in [3.8, 4) is 11.5 Å². The number of halogens is 1. The molecule has 0 amide bonds. The minimum absolute atomic E-state index is 0.142. The maximum Gasteiger partial charge on any atom is 0.337 e. The Morgan fingerprint density at radius 1 is 1.24 bits per heavy atom. The van der Waals surface area contributed by atoms with Gasteiger partial charge in [0, 0.05) is 11.2 Å². The molecule has 0 spiro atoms. The van der Waals surface area contributed by atoms with Crippen LogP contribution in [-0.2, 0) is 4.74 Å². The molecule has 0 saturated heterocycles. The van der Waals surface area contributed by atoms with E-state index in [0.29, 0.717) is 29.6 Å².